The summed E-state index contributed by atoms with van der Waals surface area (Å²) in [7, 11) is 3.48. The molecular formula is C16H16F3N5O2. The van der Waals surface area contributed by atoms with Crippen LogP contribution >= 0.6 is 0 Å². The van der Waals surface area contributed by atoms with Crippen LogP contribution in [0.1, 0.15) is 12.6 Å². The third kappa shape index (κ3) is 3.03. The normalized spacial score (nSPS) is 14.4. The first-order valence-corrected chi connectivity index (χ1v) is 7.54. The quantitative estimate of drug-likeness (QED) is 0.566. The fourth-order valence-corrected chi connectivity index (χ4v) is 2.70. The molecule has 0 bridgehead atoms. The van der Waals surface area contributed by atoms with E-state index in [2.05, 4.69) is 14.8 Å². The highest BCUT2D eigenvalue weighted by molar-refractivity contribution is 5.83. The van der Waals surface area contributed by atoms with E-state index in [0.717, 1.165) is 12.4 Å². The standard InChI is InChI=1S/C16H16F3N5O2/c1-15(20,26-14(25)16(17,18)19)13-9(11-4-6-21-24(11)3)8-12-10(22-13)5-7-23(12)2/h4-8H,20H2,1-3H3/t15-/m0/s1. The van der Waals surface area contributed by atoms with Gasteiger partial charge in [-0.05, 0) is 25.1 Å². The number of esters is 1. The summed E-state index contributed by atoms with van der Waals surface area (Å²) in [6.07, 6.45) is -1.88. The number of carbonyl (C=O) groups is 1. The van der Waals surface area contributed by atoms with Crippen molar-refractivity contribution >= 4 is 17.0 Å². The van der Waals surface area contributed by atoms with Crippen molar-refractivity contribution in [3.8, 4) is 11.3 Å². The Labute approximate surface area is 146 Å². The van der Waals surface area contributed by atoms with Gasteiger partial charge in [0.05, 0.1) is 16.7 Å². The van der Waals surface area contributed by atoms with Crippen LogP contribution in [0, 0.1) is 0 Å². The molecular weight excluding hydrogens is 351 g/mol. The van der Waals surface area contributed by atoms with Gasteiger partial charge in [0.25, 0.3) is 0 Å². The van der Waals surface area contributed by atoms with Crippen LogP contribution in [0.15, 0.2) is 30.6 Å². The molecule has 138 valence electrons. The van der Waals surface area contributed by atoms with Crippen molar-refractivity contribution in [3.05, 3.63) is 36.3 Å². The lowest BCUT2D eigenvalue weighted by Gasteiger charge is -2.27. The highest BCUT2D eigenvalue weighted by atomic mass is 19.4. The largest absolute Gasteiger partial charge is 0.491 e. The summed E-state index contributed by atoms with van der Waals surface area (Å²) < 4.78 is 45.7. The average molecular weight is 367 g/mol. The van der Waals surface area contributed by atoms with Crippen LogP contribution < -0.4 is 5.73 Å². The maximum atomic E-state index is 12.6. The monoisotopic (exact) mass is 367 g/mol. The van der Waals surface area contributed by atoms with Gasteiger partial charge in [-0.3, -0.25) is 10.4 Å². The van der Waals surface area contributed by atoms with Crippen molar-refractivity contribution in [2.75, 3.05) is 0 Å². The number of rotatable bonds is 3. The topological polar surface area (TPSA) is 88.0 Å². The molecule has 0 aliphatic heterocycles. The van der Waals surface area contributed by atoms with Gasteiger partial charge < -0.3 is 9.30 Å². The van der Waals surface area contributed by atoms with Crippen molar-refractivity contribution in [1.82, 2.24) is 19.3 Å². The SMILES string of the molecule is Cn1nccc1-c1cc2c(ccn2C)nc1[C@@](C)(N)OC(=O)C(F)(F)F. The van der Waals surface area contributed by atoms with Crippen molar-refractivity contribution < 1.29 is 22.7 Å². The van der Waals surface area contributed by atoms with Crippen LogP contribution in [0.3, 0.4) is 0 Å². The number of carbonyl (C=O) groups excluding carboxylic acids is 1. The molecule has 10 heteroatoms. The van der Waals surface area contributed by atoms with E-state index in [0.29, 0.717) is 16.8 Å². The molecule has 0 spiro atoms. The molecule has 0 aliphatic rings. The van der Waals surface area contributed by atoms with Gasteiger partial charge in [0.15, 0.2) is 0 Å². The maximum absolute atomic E-state index is 12.6. The molecule has 0 aliphatic carbocycles. The van der Waals surface area contributed by atoms with Crippen LogP contribution in [0.25, 0.3) is 22.3 Å². The van der Waals surface area contributed by atoms with Gasteiger partial charge in [0.2, 0.25) is 5.72 Å². The van der Waals surface area contributed by atoms with Crippen molar-refractivity contribution in [1.29, 1.82) is 0 Å². The molecule has 0 radical (unpaired) electrons. The number of nitrogens with zero attached hydrogens (tertiary/aromatic N) is 4. The zero-order valence-corrected chi connectivity index (χ0v) is 14.2. The van der Waals surface area contributed by atoms with Crippen LogP contribution in [0.4, 0.5) is 13.2 Å². The Balaban J connectivity index is 2.20. The minimum absolute atomic E-state index is 0.00241. The first kappa shape index (κ1) is 17.9. The Morgan fingerprint density at radius 1 is 1.27 bits per heavy atom. The molecule has 0 fully saturated rings. The predicted octanol–water partition coefficient (Wildman–Crippen LogP) is 2.21. The van der Waals surface area contributed by atoms with Gasteiger partial charge in [-0.25, -0.2) is 9.78 Å². The number of nitrogens with two attached hydrogens (primary N) is 1. The first-order chi connectivity index (χ1) is 12.0. The fourth-order valence-electron chi connectivity index (χ4n) is 2.70. The summed E-state index contributed by atoms with van der Waals surface area (Å²) in [4.78, 5) is 15.7. The molecule has 7 nitrogen and oxygen atoms in total. The smallest absolute Gasteiger partial charge is 0.432 e. The van der Waals surface area contributed by atoms with Gasteiger partial charge in [-0.1, -0.05) is 0 Å². The van der Waals surface area contributed by atoms with Gasteiger partial charge in [-0.2, -0.15) is 18.3 Å². The second kappa shape index (κ2) is 5.84. The molecule has 3 aromatic rings. The zero-order valence-electron chi connectivity index (χ0n) is 14.2. The molecule has 0 amide bonds. The number of fused-ring (bicyclic) bond motifs is 1. The predicted molar refractivity (Wildman–Crippen MR) is 86.6 cm³/mol. The van der Waals surface area contributed by atoms with Crippen LogP contribution in [-0.4, -0.2) is 31.5 Å². The van der Waals surface area contributed by atoms with Crippen molar-refractivity contribution in [3.63, 3.8) is 0 Å². The number of aromatic nitrogens is 4. The lowest BCUT2D eigenvalue weighted by molar-refractivity contribution is -0.213. The molecule has 3 rings (SSSR count). The molecule has 0 saturated carbocycles. The first-order valence-electron chi connectivity index (χ1n) is 7.54. The minimum atomic E-state index is -5.16. The second-order valence-electron chi connectivity index (χ2n) is 6.05. The van der Waals surface area contributed by atoms with E-state index < -0.39 is 17.9 Å². The number of halogens is 3. The number of alkyl halides is 3. The third-order valence-electron chi connectivity index (χ3n) is 3.97. The highest BCUT2D eigenvalue weighted by Gasteiger charge is 2.45. The molecule has 0 saturated heterocycles. The minimum Gasteiger partial charge on any atom is -0.432 e. The summed E-state index contributed by atoms with van der Waals surface area (Å²) >= 11 is 0. The van der Waals surface area contributed by atoms with Gasteiger partial charge in [0.1, 0.15) is 5.69 Å². The Morgan fingerprint density at radius 3 is 2.54 bits per heavy atom. The number of ether oxygens (including phenoxy) is 1. The van der Waals surface area contributed by atoms with Crippen molar-refractivity contribution in [2.45, 2.75) is 18.8 Å². The Hall–Kier alpha value is -2.88. The van der Waals surface area contributed by atoms with E-state index in [4.69, 9.17) is 5.73 Å². The summed E-state index contributed by atoms with van der Waals surface area (Å²) in [5.74, 6) is -2.38. The summed E-state index contributed by atoms with van der Waals surface area (Å²) in [5, 5.41) is 4.06. The third-order valence-corrected chi connectivity index (χ3v) is 3.97. The molecule has 3 heterocycles. The average Bonchev–Trinajstić information content (AvgIpc) is 3.11. The van der Waals surface area contributed by atoms with E-state index in [1.54, 1.807) is 31.4 Å². The highest BCUT2D eigenvalue weighted by Crippen LogP contribution is 2.34. The van der Waals surface area contributed by atoms with Crippen LogP contribution in [0.2, 0.25) is 0 Å². The van der Waals surface area contributed by atoms with Gasteiger partial charge >= 0.3 is 12.1 Å². The van der Waals surface area contributed by atoms with E-state index >= 15 is 0 Å². The summed E-state index contributed by atoms with van der Waals surface area (Å²) in [6.45, 7) is 1.16. The molecule has 1 atom stereocenters. The Kier molecular flexibility index (Phi) is 4.02. The number of hydrogen-bond donors (Lipinski definition) is 1. The lowest BCUT2D eigenvalue weighted by Crippen LogP contribution is -2.43. The maximum Gasteiger partial charge on any atom is 0.491 e. The zero-order chi connectivity index (χ0) is 19.3. The van der Waals surface area contributed by atoms with E-state index in [1.165, 1.54) is 10.9 Å². The number of hydrogen-bond acceptors (Lipinski definition) is 5. The Morgan fingerprint density at radius 2 is 1.96 bits per heavy atom. The fraction of sp³-hybridized carbons (Fsp3) is 0.312. The lowest BCUT2D eigenvalue weighted by atomic mass is 10.0. The van der Waals surface area contributed by atoms with Crippen LogP contribution in [0.5, 0.6) is 0 Å². The van der Waals surface area contributed by atoms with Crippen LogP contribution in [-0.2, 0) is 29.4 Å². The van der Waals surface area contributed by atoms with Crippen molar-refractivity contribution in [2.24, 2.45) is 19.8 Å². The summed E-state index contributed by atoms with van der Waals surface area (Å²) in [5.41, 5.74) is 6.07. The van der Waals surface area contributed by atoms with E-state index in [1.807, 2.05) is 11.6 Å². The Bertz CT molecular complexity index is 988. The molecule has 26 heavy (non-hydrogen) atoms. The molecule has 0 unspecified atom stereocenters. The number of aryl methyl sites for hydroxylation is 2. The van der Waals surface area contributed by atoms with Gasteiger partial charge in [0, 0.05) is 32.1 Å². The van der Waals surface area contributed by atoms with E-state index in [9.17, 15) is 18.0 Å². The summed E-state index contributed by atoms with van der Waals surface area (Å²) in [6, 6.07) is 5.08. The molecule has 0 aromatic carbocycles. The molecule has 3 aromatic heterocycles. The van der Waals surface area contributed by atoms with Gasteiger partial charge in [-0.15, -0.1) is 0 Å². The molecule has 2 N–H and O–H groups in total. The number of pyridine rings is 1. The second-order valence-corrected chi connectivity index (χ2v) is 6.05. The van der Waals surface area contributed by atoms with E-state index in [-0.39, 0.29) is 5.69 Å².